The molecule has 0 aliphatic heterocycles. The number of hydrogen-bond acceptors (Lipinski definition) is 5. The summed E-state index contributed by atoms with van der Waals surface area (Å²) >= 11 is 1.44. The molecule has 5 nitrogen and oxygen atoms in total. The Bertz CT molecular complexity index is 641. The van der Waals surface area contributed by atoms with E-state index in [1.54, 1.807) is 5.51 Å². The van der Waals surface area contributed by atoms with Gasteiger partial charge in [0.15, 0.2) is 0 Å². The van der Waals surface area contributed by atoms with Gasteiger partial charge in [0.25, 0.3) is 0 Å². The van der Waals surface area contributed by atoms with E-state index in [-0.39, 0.29) is 10.6 Å². The molecule has 0 saturated carbocycles. The van der Waals surface area contributed by atoms with Crippen LogP contribution in [0.25, 0.3) is 0 Å². The van der Waals surface area contributed by atoms with Crippen LogP contribution in [0.5, 0.6) is 0 Å². The van der Waals surface area contributed by atoms with Gasteiger partial charge in [-0.05, 0) is 18.2 Å². The highest BCUT2D eigenvalue weighted by molar-refractivity contribution is 7.89. The van der Waals surface area contributed by atoms with Gasteiger partial charge in [-0.3, -0.25) is 0 Å². The van der Waals surface area contributed by atoms with Crippen molar-refractivity contribution in [2.75, 3.05) is 5.32 Å². The van der Waals surface area contributed by atoms with Crippen molar-refractivity contribution in [3.8, 4) is 0 Å². The minimum Gasteiger partial charge on any atom is -0.377 e. The van der Waals surface area contributed by atoms with E-state index in [0.29, 0.717) is 6.54 Å². The highest BCUT2D eigenvalue weighted by Crippen LogP contribution is 2.18. The Morgan fingerprint density at radius 2 is 2.22 bits per heavy atom. The lowest BCUT2D eigenvalue weighted by atomic mass is 10.3. The van der Waals surface area contributed by atoms with Crippen molar-refractivity contribution in [3.05, 3.63) is 40.6 Å². The molecule has 0 unspecified atom stereocenters. The van der Waals surface area contributed by atoms with Gasteiger partial charge in [-0.25, -0.2) is 22.9 Å². The van der Waals surface area contributed by atoms with Crippen molar-refractivity contribution in [2.24, 2.45) is 5.14 Å². The maximum absolute atomic E-state index is 13.6. The summed E-state index contributed by atoms with van der Waals surface area (Å²) in [5.74, 6) is -0.670. The second-order valence-corrected chi connectivity index (χ2v) is 5.80. The number of hydrogen-bond donors (Lipinski definition) is 2. The van der Waals surface area contributed by atoms with Crippen molar-refractivity contribution in [3.63, 3.8) is 0 Å². The smallest absolute Gasteiger partial charge is 0.238 e. The van der Waals surface area contributed by atoms with Gasteiger partial charge in [-0.1, -0.05) is 0 Å². The lowest BCUT2D eigenvalue weighted by Gasteiger charge is -2.07. The molecule has 2 rings (SSSR count). The molecule has 0 radical (unpaired) electrons. The molecule has 0 amide bonds. The number of nitrogens with zero attached hydrogens (tertiary/aromatic N) is 1. The molecule has 0 atom stereocenters. The molecule has 0 fully saturated rings. The number of primary sulfonamides is 1. The Labute approximate surface area is 108 Å². The second-order valence-electron chi connectivity index (χ2n) is 3.52. The number of nitrogens with one attached hydrogen (secondary N) is 1. The largest absolute Gasteiger partial charge is 0.377 e. The van der Waals surface area contributed by atoms with Crippen LogP contribution in [0.15, 0.2) is 34.0 Å². The SMILES string of the molecule is NS(=O)(=O)c1ccc(NCc2cscn2)c(F)c1. The molecule has 0 bridgehead atoms. The maximum atomic E-state index is 13.6. The van der Waals surface area contributed by atoms with Crippen molar-refractivity contribution in [1.29, 1.82) is 0 Å². The second kappa shape index (κ2) is 5.01. The standard InChI is InChI=1S/C10H10FN3O2S2/c11-9-3-8(18(12,15)16)1-2-10(9)13-4-7-5-17-6-14-7/h1-3,5-6,13H,4H2,(H2,12,15,16). The Morgan fingerprint density at radius 1 is 1.44 bits per heavy atom. The van der Waals surface area contributed by atoms with Crippen LogP contribution in [-0.4, -0.2) is 13.4 Å². The van der Waals surface area contributed by atoms with E-state index in [2.05, 4.69) is 10.3 Å². The first-order chi connectivity index (χ1) is 8.47. The first kappa shape index (κ1) is 12.9. The number of nitrogens with two attached hydrogens (primary N) is 1. The van der Waals surface area contributed by atoms with Gasteiger partial charge in [-0.15, -0.1) is 11.3 Å². The molecule has 3 N–H and O–H groups in total. The number of thiazole rings is 1. The van der Waals surface area contributed by atoms with Crippen LogP contribution in [0, 0.1) is 5.82 Å². The highest BCUT2D eigenvalue weighted by atomic mass is 32.2. The highest BCUT2D eigenvalue weighted by Gasteiger charge is 2.11. The third kappa shape index (κ3) is 3.03. The summed E-state index contributed by atoms with van der Waals surface area (Å²) in [5.41, 5.74) is 2.67. The lowest BCUT2D eigenvalue weighted by Crippen LogP contribution is -2.12. The average Bonchev–Trinajstić information content (AvgIpc) is 2.79. The zero-order valence-electron chi connectivity index (χ0n) is 9.13. The monoisotopic (exact) mass is 287 g/mol. The van der Waals surface area contributed by atoms with E-state index in [0.717, 1.165) is 11.8 Å². The summed E-state index contributed by atoms with van der Waals surface area (Å²) in [4.78, 5) is 3.78. The Kier molecular flexibility index (Phi) is 3.60. The molecule has 8 heteroatoms. The fourth-order valence-corrected chi connectivity index (χ4v) is 2.41. The Hall–Kier alpha value is -1.51. The fourth-order valence-electron chi connectivity index (χ4n) is 1.33. The van der Waals surface area contributed by atoms with Crippen LogP contribution < -0.4 is 10.5 Å². The lowest BCUT2D eigenvalue weighted by molar-refractivity contribution is 0.593. The van der Waals surface area contributed by atoms with Crippen LogP contribution in [0.4, 0.5) is 10.1 Å². The van der Waals surface area contributed by atoms with Crippen LogP contribution in [-0.2, 0) is 16.6 Å². The summed E-state index contributed by atoms with van der Waals surface area (Å²) in [6, 6.07) is 3.47. The normalized spacial score (nSPS) is 11.4. The van der Waals surface area contributed by atoms with Gasteiger partial charge in [0.2, 0.25) is 10.0 Å². The molecule has 96 valence electrons. The van der Waals surface area contributed by atoms with Crippen molar-refractivity contribution < 1.29 is 12.8 Å². The summed E-state index contributed by atoms with van der Waals surface area (Å²) in [6.07, 6.45) is 0. The molecule has 18 heavy (non-hydrogen) atoms. The first-order valence-corrected chi connectivity index (χ1v) is 7.39. The predicted octanol–water partition coefficient (Wildman–Crippen LogP) is 1.54. The third-order valence-corrected chi connectivity index (χ3v) is 3.76. The van der Waals surface area contributed by atoms with Crippen LogP contribution in [0.3, 0.4) is 0 Å². The molecule has 0 aliphatic carbocycles. The number of aromatic nitrogens is 1. The first-order valence-electron chi connectivity index (χ1n) is 4.90. The molecule has 1 aromatic heterocycles. The molecule has 0 aliphatic rings. The summed E-state index contributed by atoms with van der Waals surface area (Å²) in [6.45, 7) is 0.370. The number of anilines is 1. The fraction of sp³-hybridized carbons (Fsp3) is 0.100. The molecular formula is C10H10FN3O2S2. The Morgan fingerprint density at radius 3 is 2.78 bits per heavy atom. The van der Waals surface area contributed by atoms with Crippen LogP contribution in [0.1, 0.15) is 5.69 Å². The Balaban J connectivity index is 2.15. The van der Waals surface area contributed by atoms with E-state index in [1.165, 1.54) is 23.5 Å². The van der Waals surface area contributed by atoms with Crippen LogP contribution in [0.2, 0.25) is 0 Å². The number of sulfonamides is 1. The number of halogens is 1. The molecule has 2 aromatic rings. The average molecular weight is 287 g/mol. The van der Waals surface area contributed by atoms with Gasteiger partial charge in [-0.2, -0.15) is 0 Å². The van der Waals surface area contributed by atoms with Gasteiger partial charge < -0.3 is 5.32 Å². The van der Waals surface area contributed by atoms with Gasteiger partial charge in [0, 0.05) is 5.38 Å². The van der Waals surface area contributed by atoms with E-state index in [4.69, 9.17) is 5.14 Å². The zero-order chi connectivity index (χ0) is 13.2. The van der Waals surface area contributed by atoms with Gasteiger partial charge >= 0.3 is 0 Å². The summed E-state index contributed by atoms with van der Waals surface area (Å²) in [7, 11) is -3.88. The van der Waals surface area contributed by atoms with E-state index < -0.39 is 15.8 Å². The summed E-state index contributed by atoms with van der Waals surface area (Å²) in [5, 5.41) is 9.57. The van der Waals surface area contributed by atoms with Crippen LogP contribution >= 0.6 is 11.3 Å². The molecular weight excluding hydrogens is 277 g/mol. The number of benzene rings is 1. The minimum atomic E-state index is -3.88. The molecule has 0 spiro atoms. The summed E-state index contributed by atoms with van der Waals surface area (Å²) < 4.78 is 35.7. The molecule has 1 aromatic carbocycles. The van der Waals surface area contributed by atoms with Gasteiger partial charge in [0.05, 0.1) is 28.3 Å². The molecule has 1 heterocycles. The van der Waals surface area contributed by atoms with Gasteiger partial charge in [0.1, 0.15) is 5.82 Å². The van der Waals surface area contributed by atoms with Crippen molar-refractivity contribution >= 4 is 27.0 Å². The quantitative estimate of drug-likeness (QED) is 0.893. The third-order valence-electron chi connectivity index (χ3n) is 2.21. The van der Waals surface area contributed by atoms with E-state index in [9.17, 15) is 12.8 Å². The topological polar surface area (TPSA) is 85.1 Å². The van der Waals surface area contributed by atoms with Crippen molar-refractivity contribution in [2.45, 2.75) is 11.4 Å². The van der Waals surface area contributed by atoms with E-state index >= 15 is 0 Å². The predicted molar refractivity (Wildman–Crippen MR) is 67.2 cm³/mol. The van der Waals surface area contributed by atoms with Crippen molar-refractivity contribution in [1.82, 2.24) is 4.98 Å². The minimum absolute atomic E-state index is 0.204. The maximum Gasteiger partial charge on any atom is 0.238 e. The number of rotatable bonds is 4. The van der Waals surface area contributed by atoms with E-state index in [1.807, 2.05) is 5.38 Å². The molecule has 0 saturated heterocycles. The zero-order valence-corrected chi connectivity index (χ0v) is 10.8.